The molecule has 0 amide bonds. The minimum atomic E-state index is -5.17. The molecule has 0 spiro atoms. The SMILES string of the molecule is O=C(O)CC(O)(CC(=O)O)C(=O)O.O=S(=O)([O-])[O-].O=S(=O)([O-])[O-].O=S(=O)([O-])[O-].[Al+3].[Al+3]. The fraction of sp³-hybridized carbons (Fsp3) is 0.500. The van der Waals surface area contributed by atoms with E-state index in [9.17, 15) is 14.4 Å². The van der Waals surface area contributed by atoms with Crippen LogP contribution in [0.3, 0.4) is 0 Å². The van der Waals surface area contributed by atoms with E-state index in [-0.39, 0.29) is 34.7 Å². The first-order chi connectivity index (χ1) is 11.8. The van der Waals surface area contributed by atoms with Crippen molar-refractivity contribution in [2.45, 2.75) is 18.4 Å². The molecule has 24 heteroatoms. The van der Waals surface area contributed by atoms with Crippen molar-refractivity contribution < 1.29 is 87.4 Å². The van der Waals surface area contributed by atoms with Crippen LogP contribution in [0, 0.1) is 0 Å². The molecule has 0 aliphatic rings. The van der Waals surface area contributed by atoms with E-state index in [0.29, 0.717) is 0 Å². The Bertz CT molecular complexity index is 714. The van der Waals surface area contributed by atoms with Crippen LogP contribution in [0.15, 0.2) is 0 Å². The van der Waals surface area contributed by atoms with E-state index >= 15 is 0 Å². The summed E-state index contributed by atoms with van der Waals surface area (Å²) in [7, 11) is -15.5. The molecule has 0 saturated heterocycles. The van der Waals surface area contributed by atoms with Crippen LogP contribution in [0.1, 0.15) is 12.8 Å². The summed E-state index contributed by atoms with van der Waals surface area (Å²) in [6.45, 7) is 0. The largest absolute Gasteiger partial charge is 3.00 e. The smallest absolute Gasteiger partial charge is 0.759 e. The summed E-state index contributed by atoms with van der Waals surface area (Å²) in [5.41, 5.74) is -2.74. The Kier molecular flexibility index (Phi) is 25.4. The molecule has 0 unspecified atom stereocenters. The van der Waals surface area contributed by atoms with Gasteiger partial charge in [0.1, 0.15) is 0 Å². The van der Waals surface area contributed by atoms with E-state index in [2.05, 4.69) is 0 Å². The topological polar surface area (TPSA) is 373 Å². The van der Waals surface area contributed by atoms with Gasteiger partial charge in [0.05, 0.1) is 12.8 Å². The van der Waals surface area contributed by atoms with Crippen molar-refractivity contribution in [2.24, 2.45) is 0 Å². The van der Waals surface area contributed by atoms with Gasteiger partial charge in [-0.25, -0.2) is 4.79 Å². The maximum atomic E-state index is 10.3. The van der Waals surface area contributed by atoms with Crippen molar-refractivity contribution in [1.29, 1.82) is 0 Å². The van der Waals surface area contributed by atoms with Crippen LogP contribution in [-0.2, 0) is 45.6 Å². The summed E-state index contributed by atoms with van der Waals surface area (Å²) in [6, 6.07) is 0. The second kappa shape index (κ2) is 17.7. The van der Waals surface area contributed by atoms with Crippen molar-refractivity contribution in [1.82, 2.24) is 0 Å². The van der Waals surface area contributed by atoms with E-state index in [1.165, 1.54) is 0 Å². The van der Waals surface area contributed by atoms with Crippen LogP contribution in [-0.4, -0.2) is 131 Å². The molecule has 0 aromatic heterocycles. The van der Waals surface area contributed by atoms with Crippen LogP contribution >= 0.6 is 0 Å². The number of rotatable bonds is 5. The molecule has 0 aromatic carbocycles. The first kappa shape index (κ1) is 43.0. The molecular formula is C6H8Al2O19S3. The molecule has 4 N–H and O–H groups in total. The maximum absolute atomic E-state index is 10.3. The van der Waals surface area contributed by atoms with Gasteiger partial charge in [0.2, 0.25) is 0 Å². The second-order valence-corrected chi connectivity index (χ2v) is 6.15. The van der Waals surface area contributed by atoms with E-state index in [1.54, 1.807) is 0 Å². The second-order valence-electron chi connectivity index (χ2n) is 3.70. The van der Waals surface area contributed by atoms with Gasteiger partial charge in [-0.15, -0.1) is 0 Å². The molecule has 0 bridgehead atoms. The molecule has 30 heavy (non-hydrogen) atoms. The Morgan fingerprint density at radius 2 is 0.733 bits per heavy atom. The van der Waals surface area contributed by atoms with Crippen molar-refractivity contribution >= 4 is 83.8 Å². The number of hydrogen-bond donors (Lipinski definition) is 4. The summed E-state index contributed by atoms with van der Waals surface area (Å²) >= 11 is 0. The molecule has 170 valence electrons. The van der Waals surface area contributed by atoms with Crippen LogP contribution in [0.4, 0.5) is 0 Å². The fourth-order valence-corrected chi connectivity index (χ4v) is 0.714. The van der Waals surface area contributed by atoms with E-state index in [1.807, 2.05) is 0 Å². The standard InChI is InChI=1S/C6H8O7.2Al.3H2O4S/c7-3(8)1-6(13,5(11)12)2-4(9)10;;;3*1-5(2,3)4/h13H,1-2H2,(H,7,8)(H,9,10)(H,11,12);;;3*(H2,1,2,3,4)/q;2*+3;;;/p-6. The number of hydrogen-bond acceptors (Lipinski definition) is 16. The Labute approximate surface area is 189 Å². The zero-order valence-electron chi connectivity index (χ0n) is 13.7. The van der Waals surface area contributed by atoms with Crippen molar-refractivity contribution in [3.8, 4) is 0 Å². The molecule has 0 aliphatic heterocycles. The zero-order chi connectivity index (χ0) is 24.1. The van der Waals surface area contributed by atoms with E-state index in [4.69, 9.17) is 73.0 Å². The van der Waals surface area contributed by atoms with Gasteiger partial charge in [-0.1, -0.05) is 0 Å². The summed E-state index contributed by atoms with van der Waals surface area (Å²) < 4.78 is 102. The van der Waals surface area contributed by atoms with Gasteiger partial charge in [0.15, 0.2) is 5.60 Å². The Morgan fingerprint density at radius 1 is 0.600 bits per heavy atom. The molecule has 0 aromatic rings. The van der Waals surface area contributed by atoms with Gasteiger partial charge in [-0.05, 0) is 0 Å². The van der Waals surface area contributed by atoms with Crippen molar-refractivity contribution in [2.75, 3.05) is 0 Å². The number of aliphatic carboxylic acids is 3. The molecule has 0 radical (unpaired) electrons. The third-order valence-corrected chi connectivity index (χ3v) is 1.29. The molecular weight excluding hydrogens is 526 g/mol. The van der Waals surface area contributed by atoms with Gasteiger partial charge in [0, 0.05) is 31.2 Å². The average Bonchev–Trinajstić information content (AvgIpc) is 2.17. The molecule has 0 saturated carbocycles. The summed E-state index contributed by atoms with van der Waals surface area (Å²) in [5.74, 6) is -5.02. The molecule has 19 nitrogen and oxygen atoms in total. The number of carboxylic acids is 3. The quantitative estimate of drug-likeness (QED) is 0.145. The first-order valence-corrected chi connectivity index (χ1v) is 9.17. The van der Waals surface area contributed by atoms with Gasteiger partial charge >= 0.3 is 52.6 Å². The zero-order valence-corrected chi connectivity index (χ0v) is 18.5. The Morgan fingerprint density at radius 3 is 0.800 bits per heavy atom. The third-order valence-electron chi connectivity index (χ3n) is 1.29. The normalized spacial score (nSPS) is 10.5. The average molecular weight is 534 g/mol. The van der Waals surface area contributed by atoms with Gasteiger partial charge in [0.25, 0.3) is 0 Å². The Hall–Kier alpha value is -0.955. The van der Waals surface area contributed by atoms with E-state index < -0.39 is 67.5 Å². The van der Waals surface area contributed by atoms with Crippen molar-refractivity contribution in [3.05, 3.63) is 0 Å². The van der Waals surface area contributed by atoms with Crippen LogP contribution in [0.25, 0.3) is 0 Å². The van der Waals surface area contributed by atoms with Gasteiger partial charge in [-0.3, -0.25) is 34.8 Å². The number of carboxylic acid groups (broad SMARTS) is 3. The third kappa shape index (κ3) is 81.0. The van der Waals surface area contributed by atoms with Crippen molar-refractivity contribution in [3.63, 3.8) is 0 Å². The summed E-state index contributed by atoms with van der Waals surface area (Å²) in [5, 5.41) is 33.8. The van der Waals surface area contributed by atoms with Gasteiger partial charge in [-0.2, -0.15) is 0 Å². The molecule has 0 fully saturated rings. The predicted molar refractivity (Wildman–Crippen MR) is 80.0 cm³/mol. The maximum Gasteiger partial charge on any atom is 3.00 e. The molecule has 0 aliphatic carbocycles. The monoisotopic (exact) mass is 534 g/mol. The summed E-state index contributed by atoms with van der Waals surface area (Å²) in [6.07, 6.45) is -2.29. The van der Waals surface area contributed by atoms with Crippen LogP contribution in [0.2, 0.25) is 0 Å². The summed E-state index contributed by atoms with van der Waals surface area (Å²) in [4.78, 5) is 30.5. The number of aliphatic hydroxyl groups is 1. The minimum absolute atomic E-state index is 0. The molecule has 0 heterocycles. The van der Waals surface area contributed by atoms with Crippen LogP contribution in [0.5, 0.6) is 0 Å². The molecule has 0 atom stereocenters. The number of carbonyl (C=O) groups is 3. The van der Waals surface area contributed by atoms with Crippen LogP contribution < -0.4 is 0 Å². The predicted octanol–water partition coefficient (Wildman–Crippen LogP) is -6.02. The Balaban J connectivity index is -0.0000000712. The first-order valence-electron chi connectivity index (χ1n) is 5.17. The van der Waals surface area contributed by atoms with Gasteiger partial charge < -0.3 is 47.7 Å². The molecule has 0 rings (SSSR count). The minimum Gasteiger partial charge on any atom is -0.759 e. The van der Waals surface area contributed by atoms with E-state index in [0.717, 1.165) is 0 Å². The fourth-order valence-electron chi connectivity index (χ4n) is 0.714.